The van der Waals surface area contributed by atoms with Crippen molar-refractivity contribution in [3.8, 4) is 0 Å². The molecule has 6 heteroatoms. The molecule has 0 saturated carbocycles. The molecule has 0 saturated heterocycles. The number of halogens is 1. The topological polar surface area (TPSA) is 55.9 Å². The average molecular weight is 329 g/mol. The van der Waals surface area contributed by atoms with E-state index in [1.807, 2.05) is 17.9 Å². The largest absolute Gasteiger partial charge is 0.275 e. The molecule has 98 valence electrons. The van der Waals surface area contributed by atoms with E-state index in [2.05, 4.69) is 44.8 Å². The Morgan fingerprint density at radius 2 is 2.39 bits per heavy atom. The summed E-state index contributed by atoms with van der Waals surface area (Å²) in [5.41, 5.74) is 5.20. The highest BCUT2D eigenvalue weighted by Crippen LogP contribution is 2.26. The van der Waals surface area contributed by atoms with Crippen LogP contribution in [0.2, 0.25) is 0 Å². The number of hydrogen-bond donors (Lipinski definition) is 2. The van der Waals surface area contributed by atoms with Crippen molar-refractivity contribution in [2.24, 2.45) is 12.9 Å². The standard InChI is InChI=1S/C12H17BrN4S/c1-3-11-10(6-17(2)16-11)12(15-14)5-9-4-8(13)7-18-9/h4,6-7,12,15H,3,5,14H2,1-2H3. The first-order chi connectivity index (χ1) is 8.63. The smallest absolute Gasteiger partial charge is 0.0670 e. The lowest BCUT2D eigenvalue weighted by atomic mass is 10.0. The first-order valence-corrected chi connectivity index (χ1v) is 7.52. The summed E-state index contributed by atoms with van der Waals surface area (Å²) in [6, 6.07) is 2.25. The molecular formula is C12H17BrN4S. The lowest BCUT2D eigenvalue weighted by Gasteiger charge is -2.14. The van der Waals surface area contributed by atoms with Gasteiger partial charge in [0.05, 0.1) is 11.7 Å². The first-order valence-electron chi connectivity index (χ1n) is 5.85. The zero-order valence-corrected chi connectivity index (χ0v) is 12.9. The van der Waals surface area contributed by atoms with Crippen LogP contribution < -0.4 is 11.3 Å². The van der Waals surface area contributed by atoms with Crippen LogP contribution in [-0.2, 0) is 19.9 Å². The normalized spacial score (nSPS) is 12.9. The highest BCUT2D eigenvalue weighted by molar-refractivity contribution is 9.10. The van der Waals surface area contributed by atoms with Gasteiger partial charge in [0, 0.05) is 40.0 Å². The van der Waals surface area contributed by atoms with Gasteiger partial charge in [-0.1, -0.05) is 6.92 Å². The van der Waals surface area contributed by atoms with Crippen LogP contribution in [-0.4, -0.2) is 9.78 Å². The minimum Gasteiger partial charge on any atom is -0.275 e. The van der Waals surface area contributed by atoms with Crippen molar-refractivity contribution in [1.29, 1.82) is 0 Å². The van der Waals surface area contributed by atoms with Gasteiger partial charge in [0.15, 0.2) is 0 Å². The number of thiophene rings is 1. The predicted octanol–water partition coefficient (Wildman–Crippen LogP) is 2.55. The lowest BCUT2D eigenvalue weighted by molar-refractivity contribution is 0.551. The quantitative estimate of drug-likeness (QED) is 0.655. The minimum absolute atomic E-state index is 0.110. The van der Waals surface area contributed by atoms with E-state index in [1.54, 1.807) is 11.3 Å². The molecular weight excluding hydrogens is 312 g/mol. The Morgan fingerprint density at radius 3 is 2.94 bits per heavy atom. The van der Waals surface area contributed by atoms with Gasteiger partial charge < -0.3 is 0 Å². The fourth-order valence-electron chi connectivity index (χ4n) is 2.04. The highest BCUT2D eigenvalue weighted by atomic mass is 79.9. The molecule has 1 atom stereocenters. The van der Waals surface area contributed by atoms with Gasteiger partial charge in [-0.2, -0.15) is 5.10 Å². The molecule has 2 aromatic heterocycles. The molecule has 0 aromatic carbocycles. The maximum atomic E-state index is 5.70. The average Bonchev–Trinajstić information content (AvgIpc) is 2.92. The summed E-state index contributed by atoms with van der Waals surface area (Å²) >= 11 is 5.21. The van der Waals surface area contributed by atoms with Crippen LogP contribution in [0.3, 0.4) is 0 Å². The summed E-state index contributed by atoms with van der Waals surface area (Å²) in [5.74, 6) is 5.70. The molecule has 0 bridgehead atoms. The summed E-state index contributed by atoms with van der Waals surface area (Å²) < 4.78 is 2.98. The van der Waals surface area contributed by atoms with Crippen LogP contribution in [0, 0.1) is 0 Å². The molecule has 0 aliphatic rings. The van der Waals surface area contributed by atoms with E-state index in [4.69, 9.17) is 5.84 Å². The Morgan fingerprint density at radius 1 is 1.61 bits per heavy atom. The molecule has 0 spiro atoms. The van der Waals surface area contributed by atoms with Crippen molar-refractivity contribution in [2.75, 3.05) is 0 Å². The van der Waals surface area contributed by atoms with E-state index in [1.165, 1.54) is 10.4 Å². The van der Waals surface area contributed by atoms with Gasteiger partial charge in [-0.25, -0.2) is 0 Å². The van der Waals surface area contributed by atoms with Gasteiger partial charge >= 0.3 is 0 Å². The number of rotatable bonds is 5. The second-order valence-electron chi connectivity index (χ2n) is 4.21. The number of hydrogen-bond acceptors (Lipinski definition) is 4. The first kappa shape index (κ1) is 13.7. The number of hydrazine groups is 1. The highest BCUT2D eigenvalue weighted by Gasteiger charge is 2.17. The van der Waals surface area contributed by atoms with Crippen molar-refractivity contribution in [1.82, 2.24) is 15.2 Å². The third kappa shape index (κ3) is 3.00. The van der Waals surface area contributed by atoms with Gasteiger partial charge in [-0.3, -0.25) is 16.0 Å². The van der Waals surface area contributed by atoms with E-state index >= 15 is 0 Å². The third-order valence-corrected chi connectivity index (χ3v) is 4.60. The Hall–Kier alpha value is -0.690. The van der Waals surface area contributed by atoms with Crippen molar-refractivity contribution in [3.63, 3.8) is 0 Å². The van der Waals surface area contributed by atoms with E-state index in [0.29, 0.717) is 0 Å². The summed E-state index contributed by atoms with van der Waals surface area (Å²) in [6.07, 6.45) is 3.85. The van der Waals surface area contributed by atoms with Crippen molar-refractivity contribution >= 4 is 27.3 Å². The van der Waals surface area contributed by atoms with E-state index < -0.39 is 0 Å². The molecule has 0 aliphatic carbocycles. The number of aryl methyl sites for hydroxylation is 2. The Balaban J connectivity index is 2.22. The van der Waals surface area contributed by atoms with Crippen LogP contribution in [0.15, 0.2) is 22.1 Å². The monoisotopic (exact) mass is 328 g/mol. The van der Waals surface area contributed by atoms with E-state index in [9.17, 15) is 0 Å². The summed E-state index contributed by atoms with van der Waals surface area (Å²) in [4.78, 5) is 1.30. The van der Waals surface area contributed by atoms with E-state index in [0.717, 1.165) is 23.0 Å². The molecule has 0 amide bonds. The maximum Gasteiger partial charge on any atom is 0.0670 e. The SMILES string of the molecule is CCc1nn(C)cc1C(Cc1cc(Br)cs1)NN. The van der Waals surface area contributed by atoms with Gasteiger partial charge in [-0.05, 0) is 28.4 Å². The Bertz CT molecular complexity index is 520. The van der Waals surface area contributed by atoms with Gasteiger partial charge in [-0.15, -0.1) is 11.3 Å². The third-order valence-electron chi connectivity index (χ3n) is 2.88. The van der Waals surface area contributed by atoms with Crippen molar-refractivity contribution < 1.29 is 0 Å². The van der Waals surface area contributed by atoms with Crippen molar-refractivity contribution in [3.05, 3.63) is 38.3 Å². The molecule has 0 radical (unpaired) electrons. The number of nitrogens with zero attached hydrogens (tertiary/aromatic N) is 2. The van der Waals surface area contributed by atoms with Gasteiger partial charge in [0.1, 0.15) is 0 Å². The minimum atomic E-state index is 0.110. The predicted molar refractivity (Wildman–Crippen MR) is 78.4 cm³/mol. The van der Waals surface area contributed by atoms with Crippen LogP contribution in [0.4, 0.5) is 0 Å². The maximum absolute atomic E-state index is 5.70. The zero-order valence-electron chi connectivity index (χ0n) is 10.5. The van der Waals surface area contributed by atoms with Gasteiger partial charge in [0.25, 0.3) is 0 Å². The molecule has 2 aromatic rings. The van der Waals surface area contributed by atoms with Crippen LogP contribution in [0.5, 0.6) is 0 Å². The summed E-state index contributed by atoms with van der Waals surface area (Å²) in [7, 11) is 1.94. The fourth-order valence-corrected chi connectivity index (χ4v) is 3.54. The number of aromatic nitrogens is 2. The summed E-state index contributed by atoms with van der Waals surface area (Å²) in [6.45, 7) is 2.11. The zero-order chi connectivity index (χ0) is 13.1. The lowest BCUT2D eigenvalue weighted by Crippen LogP contribution is -2.29. The van der Waals surface area contributed by atoms with Crippen LogP contribution in [0.1, 0.15) is 29.1 Å². The summed E-state index contributed by atoms with van der Waals surface area (Å²) in [5, 5.41) is 6.55. The van der Waals surface area contributed by atoms with E-state index in [-0.39, 0.29) is 6.04 Å². The van der Waals surface area contributed by atoms with Crippen molar-refractivity contribution in [2.45, 2.75) is 25.8 Å². The number of nitrogens with two attached hydrogens (primary N) is 1. The van der Waals surface area contributed by atoms with Crippen LogP contribution in [0.25, 0.3) is 0 Å². The molecule has 2 heterocycles. The number of nitrogens with one attached hydrogen (secondary N) is 1. The van der Waals surface area contributed by atoms with Crippen LogP contribution >= 0.6 is 27.3 Å². The second kappa shape index (κ2) is 5.97. The Labute approximate surface area is 119 Å². The molecule has 0 fully saturated rings. The second-order valence-corrected chi connectivity index (χ2v) is 6.12. The molecule has 4 nitrogen and oxygen atoms in total. The molecule has 2 rings (SSSR count). The molecule has 0 aliphatic heterocycles. The molecule has 3 N–H and O–H groups in total. The molecule has 1 unspecified atom stereocenters. The molecule has 18 heavy (non-hydrogen) atoms. The fraction of sp³-hybridized carbons (Fsp3) is 0.417. The van der Waals surface area contributed by atoms with Gasteiger partial charge in [0.2, 0.25) is 0 Å². The Kier molecular flexibility index (Phi) is 4.55.